The van der Waals surface area contributed by atoms with E-state index in [1.54, 1.807) is 0 Å². The zero-order valence-corrected chi connectivity index (χ0v) is 6.31. The van der Waals surface area contributed by atoms with Crippen molar-refractivity contribution < 1.29 is 5.26 Å². The van der Waals surface area contributed by atoms with Crippen molar-refractivity contribution in [1.29, 1.82) is 0 Å². The summed E-state index contributed by atoms with van der Waals surface area (Å²) in [7, 11) is 0. The molecule has 0 bridgehead atoms. The van der Waals surface area contributed by atoms with Gasteiger partial charge in [-0.2, -0.15) is 0 Å². The summed E-state index contributed by atoms with van der Waals surface area (Å²) in [6, 6.07) is 8.36. The Hall–Kier alpha value is -1.29. The van der Waals surface area contributed by atoms with Crippen molar-refractivity contribution in [2.45, 2.75) is 13.8 Å². The number of benzene rings is 1. The van der Waals surface area contributed by atoms with Crippen molar-refractivity contribution >= 4 is 0 Å². The Kier molecular flexibility index (Phi) is 3.99. The first kappa shape index (κ1) is 8.71. The molecule has 0 aliphatic carbocycles. The van der Waals surface area contributed by atoms with Crippen molar-refractivity contribution in [3.63, 3.8) is 0 Å². The zero-order chi connectivity index (χ0) is 7.98. The van der Waals surface area contributed by atoms with Gasteiger partial charge in [-0.3, -0.25) is 0 Å². The van der Waals surface area contributed by atoms with Crippen LogP contribution in [0.25, 0.3) is 0 Å². The van der Waals surface area contributed by atoms with Crippen molar-refractivity contribution in [2.24, 2.45) is 0 Å². The van der Waals surface area contributed by atoms with Crippen LogP contribution < -0.4 is 5.26 Å². The van der Waals surface area contributed by atoms with Gasteiger partial charge in [-0.25, -0.2) is 6.57 Å². The normalized spacial score (nSPS) is 7.60. The van der Waals surface area contributed by atoms with Gasteiger partial charge < -0.3 is 5.26 Å². The molecule has 0 radical (unpaired) electrons. The third kappa shape index (κ3) is 2.32. The molecule has 0 aromatic heterocycles. The van der Waals surface area contributed by atoms with E-state index < -0.39 is 0 Å². The summed E-state index contributed by atoms with van der Waals surface area (Å²) in [6.45, 7) is 9.24. The largest absolute Gasteiger partial charge is 0.335 e. The van der Waals surface area contributed by atoms with Crippen molar-refractivity contribution in [1.82, 2.24) is 0 Å². The Bertz CT molecular complexity index is 192. The van der Waals surface area contributed by atoms with E-state index in [0.717, 1.165) is 0 Å². The summed E-state index contributed by atoms with van der Waals surface area (Å²) in [5.74, 6) is 0. The smallest absolute Gasteiger partial charge is 0.0395 e. The Labute approximate surface area is 61.9 Å². The lowest BCUT2D eigenvalue weighted by atomic mass is 10.1. The zero-order valence-electron chi connectivity index (χ0n) is 6.31. The summed E-state index contributed by atoms with van der Waals surface area (Å²) < 4.78 is 0. The van der Waals surface area contributed by atoms with Crippen LogP contribution in [0.1, 0.15) is 11.1 Å². The van der Waals surface area contributed by atoms with Crippen molar-refractivity contribution in [2.75, 3.05) is 0 Å². The molecule has 0 aliphatic rings. The predicted octanol–water partition coefficient (Wildman–Crippen LogP) is 0.649. The van der Waals surface area contributed by atoms with Crippen LogP contribution in [0, 0.1) is 20.4 Å². The Balaban J connectivity index is 0.000000371. The van der Waals surface area contributed by atoms with Crippen LogP contribution in [0.2, 0.25) is 0 Å². The molecule has 10 heavy (non-hydrogen) atoms. The number of nitrogens with one attached hydrogen (secondary N) is 1. The number of aryl methyl sites for hydroxylation is 2. The third-order valence-electron chi connectivity index (χ3n) is 1.43. The van der Waals surface area contributed by atoms with Crippen LogP contribution in [0.3, 0.4) is 0 Å². The summed E-state index contributed by atoms with van der Waals surface area (Å²) >= 11 is 0. The molecule has 0 saturated carbocycles. The van der Waals surface area contributed by atoms with Crippen LogP contribution in [0.15, 0.2) is 24.3 Å². The van der Waals surface area contributed by atoms with Gasteiger partial charge in [0, 0.05) is 0 Å². The third-order valence-corrected chi connectivity index (χ3v) is 1.43. The first-order chi connectivity index (χ1) is 4.80. The molecule has 0 heterocycles. The van der Waals surface area contributed by atoms with Crippen LogP contribution in [0.4, 0.5) is 0 Å². The van der Waals surface area contributed by atoms with E-state index >= 15 is 0 Å². The van der Waals surface area contributed by atoms with Crippen LogP contribution >= 0.6 is 0 Å². The molecule has 1 rings (SSSR count). The van der Waals surface area contributed by atoms with Crippen LogP contribution in [-0.4, -0.2) is 0 Å². The highest BCUT2D eigenvalue weighted by atomic mass is 14.2. The van der Waals surface area contributed by atoms with Gasteiger partial charge in [0.05, 0.1) is 0 Å². The monoisotopic (exact) mass is 133 g/mol. The minimum absolute atomic E-state index is 1.37. The Morgan fingerprint density at radius 1 is 1.00 bits per heavy atom. The molecule has 0 amide bonds. The molecule has 52 valence electrons. The lowest BCUT2D eigenvalue weighted by Gasteiger charge is -1.93. The van der Waals surface area contributed by atoms with Gasteiger partial charge in [-0.15, -0.1) is 0 Å². The second kappa shape index (κ2) is 4.58. The van der Waals surface area contributed by atoms with Crippen molar-refractivity contribution in [3.8, 4) is 0 Å². The summed E-state index contributed by atoms with van der Waals surface area (Å²) in [5.41, 5.74) is 2.74. The van der Waals surface area contributed by atoms with Gasteiger partial charge in [-0.1, -0.05) is 24.3 Å². The molecule has 1 N–H and O–H groups in total. The SMILES string of the molecule is Cc1ccccc1C.[C-]#[NH+]. The number of hydrogen-bond donors (Lipinski definition) is 1. The van der Waals surface area contributed by atoms with Gasteiger partial charge in [-0.05, 0) is 25.0 Å². The maximum Gasteiger partial charge on any atom is -0.0395 e. The Morgan fingerprint density at radius 2 is 1.30 bits per heavy atom. The molecule has 0 fully saturated rings. The van der Waals surface area contributed by atoms with E-state index in [1.807, 2.05) is 0 Å². The van der Waals surface area contributed by atoms with Gasteiger partial charge in [0.15, 0.2) is 0 Å². The van der Waals surface area contributed by atoms with E-state index in [0.29, 0.717) is 0 Å². The second-order valence-electron chi connectivity index (χ2n) is 2.08. The lowest BCUT2D eigenvalue weighted by Crippen LogP contribution is -2.10. The first-order valence-corrected chi connectivity index (χ1v) is 3.08. The molecule has 0 unspecified atom stereocenters. The van der Waals surface area contributed by atoms with E-state index in [1.165, 1.54) is 11.1 Å². The van der Waals surface area contributed by atoms with E-state index in [4.69, 9.17) is 11.8 Å². The number of hydrogen-bond acceptors (Lipinski definition) is 0. The quantitative estimate of drug-likeness (QED) is 0.502. The molecule has 1 nitrogen and oxygen atoms in total. The van der Waals surface area contributed by atoms with E-state index in [-0.39, 0.29) is 0 Å². The summed E-state index contributed by atoms with van der Waals surface area (Å²) in [4.78, 5) is 0. The first-order valence-electron chi connectivity index (χ1n) is 3.08. The highest BCUT2D eigenvalue weighted by molar-refractivity contribution is 5.23. The highest BCUT2D eigenvalue weighted by Gasteiger charge is 1.83. The molecule has 1 aromatic rings. The molecule has 0 saturated heterocycles. The van der Waals surface area contributed by atoms with Gasteiger partial charge in [0.25, 0.3) is 0 Å². The second-order valence-corrected chi connectivity index (χ2v) is 2.08. The minimum Gasteiger partial charge on any atom is -0.335 e. The van der Waals surface area contributed by atoms with E-state index in [2.05, 4.69) is 38.1 Å². The highest BCUT2D eigenvalue weighted by Crippen LogP contribution is 2.02. The molecule has 0 aliphatic heterocycles. The topological polar surface area (TPSA) is 23.8 Å². The van der Waals surface area contributed by atoms with Crippen LogP contribution in [-0.2, 0) is 0 Å². The summed E-state index contributed by atoms with van der Waals surface area (Å²) in [6.07, 6.45) is 0. The maximum absolute atomic E-state index is 5.00. The van der Waals surface area contributed by atoms with Gasteiger partial charge >= 0.3 is 0 Å². The molecule has 0 atom stereocenters. The lowest BCUT2D eigenvalue weighted by molar-refractivity contribution is -0.0997. The average molecular weight is 133 g/mol. The summed E-state index contributed by atoms with van der Waals surface area (Å²) in [5, 5.41) is 5.00. The standard InChI is InChI=1S/C8H10.CHN/c1-7-5-3-4-6-8(7)2;1-2/h3-6H,1-2H3;2H. The fraction of sp³-hybridized carbons (Fsp3) is 0.222. The number of rotatable bonds is 0. The predicted molar refractivity (Wildman–Crippen MR) is 40.1 cm³/mol. The minimum atomic E-state index is 1.37. The molecule has 1 heteroatoms. The fourth-order valence-electron chi connectivity index (χ4n) is 0.663. The van der Waals surface area contributed by atoms with E-state index in [9.17, 15) is 0 Å². The molecule has 0 spiro atoms. The van der Waals surface area contributed by atoms with Gasteiger partial charge in [0.1, 0.15) is 0 Å². The molecular formula is C9H11N. The average Bonchev–Trinajstić information content (AvgIpc) is 2.00. The maximum atomic E-state index is 5.00. The molecule has 1 aromatic carbocycles. The van der Waals surface area contributed by atoms with Gasteiger partial charge in [0.2, 0.25) is 0 Å². The Morgan fingerprint density at radius 3 is 1.50 bits per heavy atom. The van der Waals surface area contributed by atoms with Crippen LogP contribution in [0.5, 0.6) is 0 Å². The van der Waals surface area contributed by atoms with Crippen molar-refractivity contribution in [3.05, 3.63) is 42.0 Å². The fourth-order valence-corrected chi connectivity index (χ4v) is 0.663. The molecular weight excluding hydrogens is 122 g/mol.